The summed E-state index contributed by atoms with van der Waals surface area (Å²) in [5.41, 5.74) is 1.68. The van der Waals surface area contributed by atoms with Crippen LogP contribution in [0.25, 0.3) is 0 Å². The average Bonchev–Trinajstić information content (AvgIpc) is 2.75. The van der Waals surface area contributed by atoms with Crippen molar-refractivity contribution in [3.8, 4) is 0 Å². The number of anilines is 1. The summed E-state index contributed by atoms with van der Waals surface area (Å²) in [5, 5.41) is 9.40. The number of hydrogen-bond acceptors (Lipinski definition) is 4. The van der Waals surface area contributed by atoms with E-state index in [-0.39, 0.29) is 0 Å². The third-order valence-electron chi connectivity index (χ3n) is 2.83. The molecule has 1 N–H and O–H groups in total. The molecule has 0 saturated carbocycles. The molecule has 0 unspecified atom stereocenters. The van der Waals surface area contributed by atoms with Crippen molar-refractivity contribution >= 4 is 5.69 Å². The Morgan fingerprint density at radius 1 is 1.33 bits per heavy atom. The van der Waals surface area contributed by atoms with Crippen molar-refractivity contribution in [1.29, 1.82) is 0 Å². The van der Waals surface area contributed by atoms with Crippen molar-refractivity contribution in [2.24, 2.45) is 0 Å². The van der Waals surface area contributed by atoms with E-state index in [1.807, 2.05) is 38.2 Å². The summed E-state index contributed by atoms with van der Waals surface area (Å²) >= 11 is 0. The lowest BCUT2D eigenvalue weighted by molar-refractivity contribution is 0.194. The van der Waals surface area contributed by atoms with Gasteiger partial charge in [0.1, 0.15) is 11.5 Å². The number of furan rings is 1. The Labute approximate surface area is 107 Å². The molecule has 4 nitrogen and oxygen atoms in total. The second kappa shape index (κ2) is 5.23. The first kappa shape index (κ1) is 12.6. The van der Waals surface area contributed by atoms with E-state index in [9.17, 15) is 5.11 Å². The van der Waals surface area contributed by atoms with Crippen LogP contribution in [-0.4, -0.2) is 17.1 Å². The second-order valence-corrected chi connectivity index (χ2v) is 4.49. The number of aryl methyl sites for hydroxylation is 1. The summed E-state index contributed by atoms with van der Waals surface area (Å²) in [6.07, 6.45) is 1.23. The van der Waals surface area contributed by atoms with Gasteiger partial charge in [-0.2, -0.15) is 0 Å². The van der Waals surface area contributed by atoms with Gasteiger partial charge in [-0.25, -0.2) is 0 Å². The molecule has 2 aromatic rings. The van der Waals surface area contributed by atoms with Crippen LogP contribution in [-0.2, 0) is 6.54 Å². The topological polar surface area (TPSA) is 49.5 Å². The SMILES string of the molecule is Cc1ccc(CN(C)c2ccc([C@@H](C)O)nc2)o1. The maximum Gasteiger partial charge on any atom is 0.123 e. The summed E-state index contributed by atoms with van der Waals surface area (Å²) in [6.45, 7) is 4.34. The molecule has 0 fully saturated rings. The molecular formula is C14H18N2O2. The van der Waals surface area contributed by atoms with Crippen LogP contribution in [0.5, 0.6) is 0 Å². The van der Waals surface area contributed by atoms with Crippen molar-refractivity contribution in [3.63, 3.8) is 0 Å². The van der Waals surface area contributed by atoms with E-state index in [0.29, 0.717) is 12.2 Å². The monoisotopic (exact) mass is 246 g/mol. The van der Waals surface area contributed by atoms with Gasteiger partial charge in [0.15, 0.2) is 0 Å². The molecular weight excluding hydrogens is 228 g/mol. The lowest BCUT2D eigenvalue weighted by Crippen LogP contribution is -2.16. The molecule has 0 amide bonds. The van der Waals surface area contributed by atoms with Gasteiger partial charge < -0.3 is 14.4 Å². The maximum absolute atomic E-state index is 9.40. The first-order valence-corrected chi connectivity index (χ1v) is 5.96. The molecule has 0 aromatic carbocycles. The zero-order chi connectivity index (χ0) is 13.1. The zero-order valence-corrected chi connectivity index (χ0v) is 10.9. The number of pyridine rings is 1. The molecule has 2 aromatic heterocycles. The van der Waals surface area contributed by atoms with E-state index < -0.39 is 6.10 Å². The molecule has 0 radical (unpaired) electrons. The first-order chi connectivity index (χ1) is 8.56. The van der Waals surface area contributed by atoms with Crippen LogP contribution in [0.15, 0.2) is 34.9 Å². The molecule has 0 aliphatic heterocycles. The number of rotatable bonds is 4. The van der Waals surface area contributed by atoms with E-state index in [2.05, 4.69) is 9.88 Å². The Bertz CT molecular complexity index is 503. The average molecular weight is 246 g/mol. The Morgan fingerprint density at radius 2 is 2.11 bits per heavy atom. The highest BCUT2D eigenvalue weighted by Gasteiger charge is 2.07. The Kier molecular flexibility index (Phi) is 3.67. The fourth-order valence-electron chi connectivity index (χ4n) is 1.77. The predicted molar refractivity (Wildman–Crippen MR) is 70.4 cm³/mol. The van der Waals surface area contributed by atoms with Gasteiger partial charge in [0.05, 0.1) is 30.2 Å². The van der Waals surface area contributed by atoms with Crippen LogP contribution in [0.1, 0.15) is 30.2 Å². The van der Waals surface area contributed by atoms with Crippen molar-refractivity contribution in [1.82, 2.24) is 4.98 Å². The predicted octanol–water partition coefficient (Wildman–Crippen LogP) is 2.67. The van der Waals surface area contributed by atoms with Crippen LogP contribution in [0.4, 0.5) is 5.69 Å². The highest BCUT2D eigenvalue weighted by atomic mass is 16.3. The fourth-order valence-corrected chi connectivity index (χ4v) is 1.77. The van der Waals surface area contributed by atoms with E-state index in [0.717, 1.165) is 17.2 Å². The van der Waals surface area contributed by atoms with E-state index in [4.69, 9.17) is 4.42 Å². The van der Waals surface area contributed by atoms with Crippen LogP contribution in [0.3, 0.4) is 0 Å². The van der Waals surface area contributed by atoms with E-state index in [1.165, 1.54) is 0 Å². The number of aliphatic hydroxyl groups is 1. The molecule has 18 heavy (non-hydrogen) atoms. The van der Waals surface area contributed by atoms with Gasteiger partial charge in [-0.15, -0.1) is 0 Å². The van der Waals surface area contributed by atoms with Crippen molar-refractivity contribution in [2.45, 2.75) is 26.5 Å². The summed E-state index contributed by atoms with van der Waals surface area (Å²) < 4.78 is 5.54. The summed E-state index contributed by atoms with van der Waals surface area (Å²) in [5.74, 6) is 1.84. The minimum Gasteiger partial charge on any atom is -0.464 e. The molecule has 2 rings (SSSR count). The molecule has 2 heterocycles. The highest BCUT2D eigenvalue weighted by Crippen LogP contribution is 2.18. The third-order valence-corrected chi connectivity index (χ3v) is 2.83. The van der Waals surface area contributed by atoms with Crippen molar-refractivity contribution in [3.05, 3.63) is 47.7 Å². The van der Waals surface area contributed by atoms with Crippen LogP contribution < -0.4 is 4.90 Å². The van der Waals surface area contributed by atoms with Crippen LogP contribution in [0, 0.1) is 6.92 Å². The molecule has 0 aliphatic carbocycles. The van der Waals surface area contributed by atoms with Gasteiger partial charge in [-0.05, 0) is 38.1 Å². The van der Waals surface area contributed by atoms with Crippen LogP contribution in [0.2, 0.25) is 0 Å². The summed E-state index contributed by atoms with van der Waals surface area (Å²) in [6, 6.07) is 7.72. The number of aromatic nitrogens is 1. The van der Waals surface area contributed by atoms with Gasteiger partial charge in [0.2, 0.25) is 0 Å². The lowest BCUT2D eigenvalue weighted by atomic mass is 10.2. The lowest BCUT2D eigenvalue weighted by Gasteiger charge is -2.18. The zero-order valence-electron chi connectivity index (χ0n) is 10.9. The van der Waals surface area contributed by atoms with Gasteiger partial charge in [-0.3, -0.25) is 4.98 Å². The Hall–Kier alpha value is -1.81. The standard InChI is InChI=1S/C14H18N2O2/c1-10-4-6-13(18-10)9-16(3)12-5-7-14(11(2)17)15-8-12/h4-8,11,17H,9H2,1-3H3/t11-/m1/s1. The van der Waals surface area contributed by atoms with E-state index in [1.54, 1.807) is 13.1 Å². The molecule has 4 heteroatoms. The van der Waals surface area contributed by atoms with Crippen LogP contribution >= 0.6 is 0 Å². The summed E-state index contributed by atoms with van der Waals surface area (Å²) in [4.78, 5) is 6.28. The Morgan fingerprint density at radius 3 is 2.61 bits per heavy atom. The summed E-state index contributed by atoms with van der Waals surface area (Å²) in [7, 11) is 1.98. The first-order valence-electron chi connectivity index (χ1n) is 5.96. The molecule has 0 saturated heterocycles. The number of hydrogen-bond donors (Lipinski definition) is 1. The molecule has 0 aliphatic rings. The highest BCUT2D eigenvalue weighted by molar-refractivity contribution is 5.44. The minimum absolute atomic E-state index is 0.530. The normalized spacial score (nSPS) is 12.4. The van der Waals surface area contributed by atoms with Crippen molar-refractivity contribution in [2.75, 3.05) is 11.9 Å². The smallest absolute Gasteiger partial charge is 0.123 e. The molecule has 0 spiro atoms. The van der Waals surface area contributed by atoms with Gasteiger partial charge in [-0.1, -0.05) is 0 Å². The van der Waals surface area contributed by atoms with Gasteiger partial charge >= 0.3 is 0 Å². The number of aliphatic hydroxyl groups excluding tert-OH is 1. The molecule has 1 atom stereocenters. The third kappa shape index (κ3) is 2.90. The quantitative estimate of drug-likeness (QED) is 0.901. The minimum atomic E-state index is -0.530. The van der Waals surface area contributed by atoms with E-state index >= 15 is 0 Å². The largest absolute Gasteiger partial charge is 0.464 e. The van der Waals surface area contributed by atoms with Gasteiger partial charge in [0, 0.05) is 7.05 Å². The number of nitrogens with zero attached hydrogens (tertiary/aromatic N) is 2. The fraction of sp³-hybridized carbons (Fsp3) is 0.357. The molecule has 0 bridgehead atoms. The molecule has 96 valence electrons. The van der Waals surface area contributed by atoms with Crippen molar-refractivity contribution < 1.29 is 9.52 Å². The second-order valence-electron chi connectivity index (χ2n) is 4.49. The van der Waals surface area contributed by atoms with Gasteiger partial charge in [0.25, 0.3) is 0 Å². The maximum atomic E-state index is 9.40. The Balaban J connectivity index is 2.06.